The van der Waals surface area contributed by atoms with E-state index in [9.17, 15) is 5.26 Å². The fourth-order valence-electron chi connectivity index (χ4n) is 3.11. The summed E-state index contributed by atoms with van der Waals surface area (Å²) in [7, 11) is 0. The Balaban J connectivity index is 1.83. The smallest absolute Gasteiger partial charge is 0.0733 e. The van der Waals surface area contributed by atoms with Gasteiger partial charge in [-0.25, -0.2) is 0 Å². The minimum Gasteiger partial charge on any atom is -0.377 e. The second-order valence-corrected chi connectivity index (χ2v) is 5.93. The van der Waals surface area contributed by atoms with Crippen LogP contribution in [0.1, 0.15) is 51.9 Å². The van der Waals surface area contributed by atoms with Gasteiger partial charge in [0, 0.05) is 0 Å². The maximum absolute atomic E-state index is 9.23. The van der Waals surface area contributed by atoms with Crippen molar-refractivity contribution >= 4 is 0 Å². The van der Waals surface area contributed by atoms with Crippen molar-refractivity contribution in [2.75, 3.05) is 6.61 Å². The summed E-state index contributed by atoms with van der Waals surface area (Å²) in [6, 6.07) is 2.45. The Morgan fingerprint density at radius 3 is 2.72 bits per heavy atom. The van der Waals surface area contributed by atoms with Gasteiger partial charge in [-0.1, -0.05) is 38.3 Å². The Hall–Kier alpha value is -0.810. The highest BCUT2D eigenvalue weighted by Crippen LogP contribution is 2.29. The zero-order chi connectivity index (χ0) is 12.8. The number of allylic oxidation sites excluding steroid dienone is 2. The molecule has 0 amide bonds. The molecular formula is C16H25NO. The fraction of sp³-hybridized carbons (Fsp3) is 0.812. The summed E-state index contributed by atoms with van der Waals surface area (Å²) < 4.78 is 6.12. The number of nitrogens with zero attached hydrogens (tertiary/aromatic N) is 1. The molecule has 2 aliphatic rings. The van der Waals surface area contributed by atoms with Gasteiger partial charge in [0.25, 0.3) is 0 Å². The van der Waals surface area contributed by atoms with E-state index in [2.05, 4.69) is 25.1 Å². The van der Waals surface area contributed by atoms with E-state index in [-0.39, 0.29) is 12.0 Å². The SMILES string of the molecule is CC1CC=CCC1COC1CCCCCC1C#N. The van der Waals surface area contributed by atoms with E-state index in [4.69, 9.17) is 4.74 Å². The van der Waals surface area contributed by atoms with Crippen molar-refractivity contribution in [3.05, 3.63) is 12.2 Å². The van der Waals surface area contributed by atoms with Gasteiger partial charge in [0.05, 0.1) is 24.7 Å². The molecule has 0 aromatic rings. The first kappa shape index (κ1) is 13.6. The van der Waals surface area contributed by atoms with Gasteiger partial charge in [0.1, 0.15) is 0 Å². The van der Waals surface area contributed by atoms with Crippen LogP contribution in [-0.2, 0) is 4.74 Å². The van der Waals surface area contributed by atoms with Crippen LogP contribution in [0.3, 0.4) is 0 Å². The molecule has 2 heteroatoms. The lowest BCUT2D eigenvalue weighted by molar-refractivity contribution is -0.00720. The maximum Gasteiger partial charge on any atom is 0.0733 e. The predicted molar refractivity (Wildman–Crippen MR) is 73.0 cm³/mol. The summed E-state index contributed by atoms with van der Waals surface area (Å²) in [5, 5.41) is 9.23. The minimum absolute atomic E-state index is 0.127. The molecule has 0 radical (unpaired) electrons. The predicted octanol–water partition coefficient (Wildman–Crippen LogP) is 4.08. The fourth-order valence-corrected chi connectivity index (χ4v) is 3.11. The van der Waals surface area contributed by atoms with Crippen molar-refractivity contribution < 1.29 is 4.74 Å². The summed E-state index contributed by atoms with van der Waals surface area (Å²) in [5.74, 6) is 1.50. The van der Waals surface area contributed by atoms with Crippen molar-refractivity contribution in [3.8, 4) is 6.07 Å². The van der Waals surface area contributed by atoms with Crippen molar-refractivity contribution in [1.82, 2.24) is 0 Å². The molecule has 4 atom stereocenters. The molecule has 0 bridgehead atoms. The zero-order valence-electron chi connectivity index (χ0n) is 11.5. The van der Waals surface area contributed by atoms with Crippen molar-refractivity contribution in [1.29, 1.82) is 5.26 Å². The van der Waals surface area contributed by atoms with Crippen LogP contribution in [0.2, 0.25) is 0 Å². The average Bonchev–Trinajstić information content (AvgIpc) is 2.62. The average molecular weight is 247 g/mol. The molecule has 0 aromatic heterocycles. The van der Waals surface area contributed by atoms with Crippen LogP contribution in [0.15, 0.2) is 12.2 Å². The lowest BCUT2D eigenvalue weighted by atomic mass is 9.85. The Morgan fingerprint density at radius 1 is 1.17 bits per heavy atom. The highest BCUT2D eigenvalue weighted by atomic mass is 16.5. The van der Waals surface area contributed by atoms with Gasteiger partial charge in [-0.05, 0) is 37.5 Å². The number of nitriles is 1. The van der Waals surface area contributed by atoms with Gasteiger partial charge in [0.15, 0.2) is 0 Å². The molecule has 0 N–H and O–H groups in total. The van der Waals surface area contributed by atoms with Crippen LogP contribution >= 0.6 is 0 Å². The molecular weight excluding hydrogens is 222 g/mol. The molecule has 18 heavy (non-hydrogen) atoms. The van der Waals surface area contributed by atoms with Gasteiger partial charge in [-0.2, -0.15) is 5.26 Å². The molecule has 4 unspecified atom stereocenters. The normalized spacial score (nSPS) is 36.9. The highest BCUT2D eigenvalue weighted by Gasteiger charge is 2.26. The summed E-state index contributed by atoms with van der Waals surface area (Å²) in [4.78, 5) is 0. The molecule has 0 spiro atoms. The van der Waals surface area contributed by atoms with Crippen LogP contribution in [0, 0.1) is 29.1 Å². The van der Waals surface area contributed by atoms with E-state index in [0.29, 0.717) is 5.92 Å². The van der Waals surface area contributed by atoms with Crippen molar-refractivity contribution in [2.45, 2.75) is 58.0 Å². The topological polar surface area (TPSA) is 33.0 Å². The third-order valence-electron chi connectivity index (χ3n) is 4.56. The maximum atomic E-state index is 9.23. The molecule has 0 heterocycles. The van der Waals surface area contributed by atoms with Gasteiger partial charge in [-0.3, -0.25) is 0 Å². The van der Waals surface area contributed by atoms with Crippen molar-refractivity contribution in [3.63, 3.8) is 0 Å². The number of ether oxygens (including phenoxy) is 1. The Morgan fingerprint density at radius 2 is 1.94 bits per heavy atom. The van der Waals surface area contributed by atoms with Crippen LogP contribution in [0.4, 0.5) is 0 Å². The van der Waals surface area contributed by atoms with E-state index < -0.39 is 0 Å². The molecule has 2 rings (SSSR count). The largest absolute Gasteiger partial charge is 0.377 e. The van der Waals surface area contributed by atoms with E-state index in [0.717, 1.165) is 31.8 Å². The monoisotopic (exact) mass is 247 g/mol. The van der Waals surface area contributed by atoms with E-state index >= 15 is 0 Å². The highest BCUT2D eigenvalue weighted by molar-refractivity contribution is 4.94. The first-order valence-electron chi connectivity index (χ1n) is 7.47. The van der Waals surface area contributed by atoms with Gasteiger partial charge < -0.3 is 4.74 Å². The lowest BCUT2D eigenvalue weighted by Crippen LogP contribution is -2.27. The third kappa shape index (κ3) is 3.59. The molecule has 2 nitrogen and oxygen atoms in total. The number of hydrogen-bond acceptors (Lipinski definition) is 2. The molecule has 1 saturated carbocycles. The number of rotatable bonds is 3. The molecule has 0 aliphatic heterocycles. The quantitative estimate of drug-likeness (QED) is 0.556. The summed E-state index contributed by atoms with van der Waals surface area (Å²) >= 11 is 0. The molecule has 0 aromatic carbocycles. The van der Waals surface area contributed by atoms with Gasteiger partial charge in [0.2, 0.25) is 0 Å². The summed E-state index contributed by atoms with van der Waals surface area (Å²) in [6.07, 6.45) is 12.9. The van der Waals surface area contributed by atoms with E-state index in [1.165, 1.54) is 25.7 Å². The third-order valence-corrected chi connectivity index (χ3v) is 4.56. The molecule has 0 saturated heterocycles. The Kier molecular flexibility index (Phi) is 5.26. The summed E-state index contributed by atoms with van der Waals surface area (Å²) in [5.41, 5.74) is 0. The second kappa shape index (κ2) is 6.95. The zero-order valence-corrected chi connectivity index (χ0v) is 11.5. The molecule has 1 fully saturated rings. The Labute approximate surface area is 111 Å². The minimum atomic E-state index is 0.127. The van der Waals surface area contributed by atoms with E-state index in [1.807, 2.05) is 0 Å². The van der Waals surface area contributed by atoms with Crippen LogP contribution in [-0.4, -0.2) is 12.7 Å². The number of hydrogen-bond donors (Lipinski definition) is 0. The van der Waals surface area contributed by atoms with Gasteiger partial charge in [-0.15, -0.1) is 0 Å². The van der Waals surface area contributed by atoms with Crippen LogP contribution in [0.5, 0.6) is 0 Å². The lowest BCUT2D eigenvalue weighted by Gasteiger charge is -2.28. The molecule has 100 valence electrons. The van der Waals surface area contributed by atoms with E-state index in [1.54, 1.807) is 0 Å². The van der Waals surface area contributed by atoms with Crippen LogP contribution < -0.4 is 0 Å². The Bertz CT molecular complexity index is 318. The van der Waals surface area contributed by atoms with Crippen LogP contribution in [0.25, 0.3) is 0 Å². The van der Waals surface area contributed by atoms with Gasteiger partial charge >= 0.3 is 0 Å². The first-order chi connectivity index (χ1) is 8.81. The second-order valence-electron chi connectivity index (χ2n) is 5.93. The first-order valence-corrected chi connectivity index (χ1v) is 7.47. The standard InChI is InChI=1S/C16H25NO/c1-13-7-5-6-9-15(13)12-18-16-10-4-2-3-8-14(16)11-17/h5-6,13-16H,2-4,7-10,12H2,1H3. The van der Waals surface area contributed by atoms with Crippen molar-refractivity contribution in [2.24, 2.45) is 17.8 Å². The summed E-state index contributed by atoms with van der Waals surface area (Å²) in [6.45, 7) is 3.15. The molecule has 2 aliphatic carbocycles.